The summed E-state index contributed by atoms with van der Waals surface area (Å²) in [5.41, 5.74) is 0.0869. The quantitative estimate of drug-likeness (QED) is 0.241. The Morgan fingerprint density at radius 2 is 1.68 bits per heavy atom. The van der Waals surface area contributed by atoms with E-state index in [0.717, 1.165) is 17.3 Å². The first-order chi connectivity index (χ1) is 20.8. The van der Waals surface area contributed by atoms with Crippen molar-refractivity contribution in [3.05, 3.63) is 94.1 Å². The first-order valence-corrected chi connectivity index (χ1v) is 14.2. The molecule has 0 unspecified atom stereocenters. The summed E-state index contributed by atoms with van der Waals surface area (Å²) in [6.45, 7) is 6.63. The predicted octanol–water partition coefficient (Wildman–Crippen LogP) is 6.60. The maximum absolute atomic E-state index is 13.8. The van der Waals surface area contributed by atoms with Gasteiger partial charge in [-0.1, -0.05) is 54.5 Å². The third-order valence-electron chi connectivity index (χ3n) is 7.56. The van der Waals surface area contributed by atoms with Crippen molar-refractivity contribution < 1.29 is 32.2 Å². The van der Waals surface area contributed by atoms with Crippen LogP contribution < -0.4 is 0 Å². The number of halogens is 3. The molecule has 0 N–H and O–H groups in total. The third kappa shape index (κ3) is 6.77. The van der Waals surface area contributed by atoms with Crippen molar-refractivity contribution in [1.82, 2.24) is 14.9 Å². The number of rotatable bonds is 5. The number of hydrogen-bond donors (Lipinski definition) is 0. The maximum atomic E-state index is 13.8. The molecule has 0 atom stereocenters. The van der Waals surface area contributed by atoms with E-state index in [1.165, 1.54) is 13.2 Å². The Labute approximate surface area is 254 Å². The fraction of sp³-hybridized carbons (Fsp3) is 0.353. The van der Waals surface area contributed by atoms with Gasteiger partial charge in [-0.15, -0.1) is 0 Å². The summed E-state index contributed by atoms with van der Waals surface area (Å²) in [7, 11) is 1.31. The normalized spacial score (nSPS) is 16.1. The van der Waals surface area contributed by atoms with E-state index >= 15 is 0 Å². The zero-order valence-corrected chi connectivity index (χ0v) is 24.9. The van der Waals surface area contributed by atoms with Crippen LogP contribution in [0.1, 0.15) is 78.9 Å². The maximum Gasteiger partial charge on any atom is 0.420 e. The number of nitrogens with zero attached hydrogens (tertiary/aromatic N) is 3. The molecule has 0 spiro atoms. The lowest BCUT2D eigenvalue weighted by Crippen LogP contribution is -2.50. The van der Waals surface area contributed by atoms with Crippen LogP contribution in [0.25, 0.3) is 12.2 Å². The summed E-state index contributed by atoms with van der Waals surface area (Å²) in [5, 5.41) is 0. The highest BCUT2D eigenvalue weighted by Gasteiger charge is 2.53. The van der Waals surface area contributed by atoms with Gasteiger partial charge in [0.25, 0.3) is 0 Å². The van der Waals surface area contributed by atoms with Gasteiger partial charge in [0.1, 0.15) is 16.9 Å². The molecule has 1 saturated heterocycles. The van der Waals surface area contributed by atoms with Crippen molar-refractivity contribution in [3.8, 4) is 11.8 Å². The number of carbonyl (C=O) groups excluding carboxylic acids is 2. The molecule has 2 heterocycles. The second kappa shape index (κ2) is 11.8. The van der Waals surface area contributed by atoms with Gasteiger partial charge >= 0.3 is 18.2 Å². The summed E-state index contributed by atoms with van der Waals surface area (Å²) >= 11 is 0. The van der Waals surface area contributed by atoms with Gasteiger partial charge in [0, 0.05) is 30.8 Å². The third-order valence-corrected chi connectivity index (χ3v) is 7.56. The molecule has 2 aliphatic rings. The number of amides is 1. The Hall–Kier alpha value is -4.65. The SMILES string of the molecule is COC(=O)C1(c2ccccc2C#Cc2nc(/C=C/c3ccc(C4CN(C(=O)OC(C)(C)C)C4)cc3)ncc2C(F)(F)F)CC1. The number of aromatic nitrogens is 2. The van der Waals surface area contributed by atoms with E-state index < -0.39 is 28.4 Å². The molecule has 2 fully saturated rings. The van der Waals surface area contributed by atoms with E-state index in [1.807, 2.05) is 45.0 Å². The molecular weight excluding hydrogens is 571 g/mol. The van der Waals surface area contributed by atoms with Gasteiger partial charge in [0.05, 0.1) is 12.5 Å². The average molecular weight is 604 g/mol. The molecule has 5 rings (SSSR count). The van der Waals surface area contributed by atoms with Crippen molar-refractivity contribution in [1.29, 1.82) is 0 Å². The molecule has 10 heteroatoms. The summed E-state index contributed by atoms with van der Waals surface area (Å²) in [6.07, 6.45) is 0.104. The molecule has 3 aromatic rings. The number of esters is 1. The number of alkyl halides is 3. The Balaban J connectivity index is 1.32. The molecular formula is C34H32F3N3O4. The lowest BCUT2D eigenvalue weighted by Gasteiger charge is -2.40. The van der Waals surface area contributed by atoms with Gasteiger partial charge in [0.2, 0.25) is 0 Å². The molecule has 44 heavy (non-hydrogen) atoms. The predicted molar refractivity (Wildman–Crippen MR) is 158 cm³/mol. The topological polar surface area (TPSA) is 81.6 Å². The summed E-state index contributed by atoms with van der Waals surface area (Å²) in [5.74, 6) is 5.28. The van der Waals surface area contributed by atoms with Crippen LogP contribution in [-0.2, 0) is 25.9 Å². The van der Waals surface area contributed by atoms with Crippen LogP contribution in [0.2, 0.25) is 0 Å². The Kier molecular flexibility index (Phi) is 8.25. The first kappa shape index (κ1) is 30.8. The van der Waals surface area contributed by atoms with Crippen LogP contribution in [0, 0.1) is 11.8 Å². The zero-order valence-electron chi connectivity index (χ0n) is 24.9. The largest absolute Gasteiger partial charge is 0.468 e. The standard InChI is InChI=1S/C34H32F3N3O4/c1-32(2,3)44-31(42)40-20-25(21-40)23-12-9-22(10-13-23)11-16-29-38-19-27(34(35,36)37)28(39-29)15-14-24-7-5-6-8-26(24)33(17-18-33)30(41)43-4/h5-13,16,19,25H,17-18,20-21H2,1-4H3/b16-11+. The van der Waals surface area contributed by atoms with Crippen LogP contribution in [0.4, 0.5) is 18.0 Å². The number of hydrogen-bond acceptors (Lipinski definition) is 6. The number of likely N-dealkylation sites (tertiary alicyclic amines) is 1. The first-order valence-electron chi connectivity index (χ1n) is 14.2. The summed E-state index contributed by atoms with van der Waals surface area (Å²) < 4.78 is 51.8. The number of methoxy groups -OCH3 is 1. The average Bonchev–Trinajstić information content (AvgIpc) is 3.75. The van der Waals surface area contributed by atoms with Gasteiger partial charge in [-0.25, -0.2) is 14.8 Å². The highest BCUT2D eigenvalue weighted by Crippen LogP contribution is 2.50. The van der Waals surface area contributed by atoms with Gasteiger partial charge in [-0.2, -0.15) is 13.2 Å². The molecule has 1 aromatic heterocycles. The van der Waals surface area contributed by atoms with E-state index in [1.54, 1.807) is 35.2 Å². The van der Waals surface area contributed by atoms with Crippen molar-refractivity contribution in [2.75, 3.05) is 20.2 Å². The molecule has 228 valence electrons. The Morgan fingerprint density at radius 1 is 1.00 bits per heavy atom. The monoisotopic (exact) mass is 603 g/mol. The number of ether oxygens (including phenoxy) is 2. The van der Waals surface area contributed by atoms with E-state index in [4.69, 9.17) is 9.47 Å². The molecule has 1 aliphatic carbocycles. The number of benzene rings is 2. The fourth-order valence-corrected chi connectivity index (χ4v) is 5.03. The molecule has 1 saturated carbocycles. The van der Waals surface area contributed by atoms with Crippen LogP contribution in [-0.4, -0.2) is 52.7 Å². The highest BCUT2D eigenvalue weighted by molar-refractivity contribution is 5.87. The Bertz CT molecular complexity index is 1650. The summed E-state index contributed by atoms with van der Waals surface area (Å²) in [4.78, 5) is 34.3. The van der Waals surface area contributed by atoms with Crippen molar-refractivity contribution in [2.24, 2.45) is 0 Å². The van der Waals surface area contributed by atoms with E-state index in [9.17, 15) is 22.8 Å². The van der Waals surface area contributed by atoms with Crippen molar-refractivity contribution in [3.63, 3.8) is 0 Å². The zero-order chi connectivity index (χ0) is 31.7. The molecule has 0 radical (unpaired) electrons. The minimum absolute atomic E-state index is 0.0693. The van der Waals surface area contributed by atoms with Gasteiger partial charge in [-0.05, 0) is 68.4 Å². The summed E-state index contributed by atoms with van der Waals surface area (Å²) in [6, 6.07) is 14.6. The van der Waals surface area contributed by atoms with Gasteiger partial charge < -0.3 is 14.4 Å². The van der Waals surface area contributed by atoms with E-state index in [0.29, 0.717) is 37.1 Å². The van der Waals surface area contributed by atoms with E-state index in [2.05, 4.69) is 21.8 Å². The van der Waals surface area contributed by atoms with Crippen molar-refractivity contribution in [2.45, 2.75) is 56.7 Å². The van der Waals surface area contributed by atoms with Crippen molar-refractivity contribution >= 4 is 24.2 Å². The minimum atomic E-state index is -4.70. The molecule has 1 amide bonds. The number of carbonyl (C=O) groups is 2. The molecule has 2 aromatic carbocycles. The second-order valence-electron chi connectivity index (χ2n) is 11.9. The fourth-order valence-electron chi connectivity index (χ4n) is 5.03. The van der Waals surface area contributed by atoms with Gasteiger partial charge in [0.15, 0.2) is 5.82 Å². The second-order valence-corrected chi connectivity index (χ2v) is 11.9. The molecule has 7 nitrogen and oxygen atoms in total. The highest BCUT2D eigenvalue weighted by atomic mass is 19.4. The van der Waals surface area contributed by atoms with Crippen LogP contribution >= 0.6 is 0 Å². The Morgan fingerprint density at radius 3 is 2.30 bits per heavy atom. The molecule has 0 bridgehead atoms. The lowest BCUT2D eigenvalue weighted by atomic mass is 9.91. The lowest BCUT2D eigenvalue weighted by molar-refractivity contribution is -0.143. The van der Waals surface area contributed by atoms with Gasteiger partial charge in [-0.3, -0.25) is 4.79 Å². The minimum Gasteiger partial charge on any atom is -0.468 e. The smallest absolute Gasteiger partial charge is 0.420 e. The van der Waals surface area contributed by atoms with E-state index in [-0.39, 0.29) is 23.8 Å². The van der Waals surface area contributed by atoms with Crippen LogP contribution in [0.5, 0.6) is 0 Å². The van der Waals surface area contributed by atoms with Crippen LogP contribution in [0.15, 0.2) is 54.7 Å². The van der Waals surface area contributed by atoms with Crippen LogP contribution in [0.3, 0.4) is 0 Å². The molecule has 1 aliphatic heterocycles.